The summed E-state index contributed by atoms with van der Waals surface area (Å²) >= 11 is 0. The highest BCUT2D eigenvalue weighted by atomic mass is 16.5. The molecule has 1 N–H and O–H groups in total. The third kappa shape index (κ3) is 4.00. The van der Waals surface area contributed by atoms with Gasteiger partial charge in [0.05, 0.1) is 13.2 Å². The first kappa shape index (κ1) is 20.4. The highest BCUT2D eigenvalue weighted by molar-refractivity contribution is 5.39. The Kier molecular flexibility index (Phi) is 5.91. The van der Waals surface area contributed by atoms with Crippen molar-refractivity contribution >= 4 is 0 Å². The molecule has 1 saturated heterocycles. The molecule has 0 bridgehead atoms. The molecule has 1 aliphatic rings. The van der Waals surface area contributed by atoms with Crippen LogP contribution in [0, 0.1) is 0 Å². The molecule has 1 unspecified atom stereocenters. The number of morpholine rings is 1. The van der Waals surface area contributed by atoms with Gasteiger partial charge >= 0.3 is 0 Å². The van der Waals surface area contributed by atoms with E-state index in [4.69, 9.17) is 4.74 Å². The molecule has 1 atom stereocenters. The third-order valence-corrected chi connectivity index (χ3v) is 5.88. The van der Waals surface area contributed by atoms with Gasteiger partial charge in [-0.1, -0.05) is 78.9 Å². The number of phenols is 1. The maximum atomic E-state index is 10.7. The van der Waals surface area contributed by atoms with Crippen molar-refractivity contribution in [3.05, 3.63) is 107 Å². The Morgan fingerprint density at radius 3 is 1.97 bits per heavy atom. The predicted octanol–water partition coefficient (Wildman–Crippen LogP) is 3.44. The van der Waals surface area contributed by atoms with E-state index in [1.54, 1.807) is 6.07 Å². The average molecular weight is 428 g/mol. The van der Waals surface area contributed by atoms with Gasteiger partial charge in [-0.3, -0.25) is 4.90 Å². The summed E-state index contributed by atoms with van der Waals surface area (Å²) in [5, 5.41) is 23.8. The second-order valence-electron chi connectivity index (χ2n) is 7.82. The molecule has 1 fully saturated rings. The van der Waals surface area contributed by atoms with E-state index in [-0.39, 0.29) is 17.8 Å². The molecule has 162 valence electrons. The van der Waals surface area contributed by atoms with E-state index < -0.39 is 0 Å². The number of tetrazole rings is 1. The van der Waals surface area contributed by atoms with Gasteiger partial charge in [0.25, 0.3) is 0 Å². The quantitative estimate of drug-likeness (QED) is 0.508. The predicted molar refractivity (Wildman–Crippen MR) is 120 cm³/mol. The Morgan fingerprint density at radius 2 is 1.34 bits per heavy atom. The summed E-state index contributed by atoms with van der Waals surface area (Å²) in [6, 6.07) is 27.4. The summed E-state index contributed by atoms with van der Waals surface area (Å²) in [5.74, 6) is 0.917. The van der Waals surface area contributed by atoms with Gasteiger partial charge in [0, 0.05) is 18.7 Å². The lowest BCUT2D eigenvalue weighted by atomic mass is 9.97. The Labute approximate surface area is 186 Å². The van der Waals surface area contributed by atoms with E-state index in [0.29, 0.717) is 19.0 Å². The zero-order valence-corrected chi connectivity index (χ0v) is 17.7. The van der Waals surface area contributed by atoms with Gasteiger partial charge in [-0.25, -0.2) is 4.68 Å². The van der Waals surface area contributed by atoms with Crippen LogP contribution in [0.1, 0.15) is 34.6 Å². The summed E-state index contributed by atoms with van der Waals surface area (Å²) in [5.41, 5.74) is 2.96. The second-order valence-corrected chi connectivity index (χ2v) is 7.82. The molecule has 5 rings (SSSR count). The standard InChI is InChI=1S/C25H25N5O2/c31-22-14-8-7-13-21(22)24(29-15-17-32-18-16-29)25-26-27-28-30(25)23(19-9-3-1-4-10-19)20-11-5-2-6-12-20/h1-14,23-24,31H,15-18H2. The van der Waals surface area contributed by atoms with E-state index in [0.717, 1.165) is 29.8 Å². The fraction of sp³-hybridized carbons (Fsp3) is 0.240. The number of nitrogens with zero attached hydrogens (tertiary/aromatic N) is 5. The van der Waals surface area contributed by atoms with E-state index >= 15 is 0 Å². The van der Waals surface area contributed by atoms with Crippen molar-refractivity contribution in [2.45, 2.75) is 12.1 Å². The number of hydrogen-bond donors (Lipinski definition) is 1. The van der Waals surface area contributed by atoms with Gasteiger partial charge in [0.1, 0.15) is 17.8 Å². The molecule has 1 aromatic heterocycles. The van der Waals surface area contributed by atoms with Crippen LogP contribution in [0.15, 0.2) is 84.9 Å². The number of benzene rings is 3. The van der Waals surface area contributed by atoms with Crippen LogP contribution in [0.5, 0.6) is 5.75 Å². The molecule has 0 spiro atoms. The lowest BCUT2D eigenvalue weighted by Gasteiger charge is -2.35. The average Bonchev–Trinajstić information content (AvgIpc) is 3.32. The molecular weight excluding hydrogens is 402 g/mol. The van der Waals surface area contributed by atoms with Crippen molar-refractivity contribution in [1.29, 1.82) is 0 Å². The van der Waals surface area contributed by atoms with E-state index in [1.165, 1.54) is 0 Å². The van der Waals surface area contributed by atoms with Crippen molar-refractivity contribution in [3.8, 4) is 5.75 Å². The van der Waals surface area contributed by atoms with Crippen LogP contribution in [0.2, 0.25) is 0 Å². The summed E-state index contributed by atoms with van der Waals surface area (Å²) in [7, 11) is 0. The van der Waals surface area contributed by atoms with Crippen LogP contribution in [-0.4, -0.2) is 56.5 Å². The molecule has 7 nitrogen and oxygen atoms in total. The van der Waals surface area contributed by atoms with Crippen molar-refractivity contribution in [3.63, 3.8) is 0 Å². The van der Waals surface area contributed by atoms with Crippen LogP contribution in [0.25, 0.3) is 0 Å². The van der Waals surface area contributed by atoms with Gasteiger partial charge in [-0.15, -0.1) is 5.10 Å². The first-order valence-corrected chi connectivity index (χ1v) is 10.8. The number of rotatable bonds is 6. The summed E-state index contributed by atoms with van der Waals surface area (Å²) < 4.78 is 7.47. The van der Waals surface area contributed by atoms with Gasteiger partial charge in [0.15, 0.2) is 5.82 Å². The largest absolute Gasteiger partial charge is 0.508 e. The van der Waals surface area contributed by atoms with E-state index in [9.17, 15) is 5.11 Å². The van der Waals surface area contributed by atoms with Crippen molar-refractivity contribution < 1.29 is 9.84 Å². The van der Waals surface area contributed by atoms with Crippen LogP contribution in [-0.2, 0) is 4.74 Å². The number of aromatic hydroxyl groups is 1. The highest BCUT2D eigenvalue weighted by Crippen LogP contribution is 2.36. The first-order valence-electron chi connectivity index (χ1n) is 10.8. The number of para-hydroxylation sites is 1. The number of aromatic nitrogens is 4. The number of ether oxygens (including phenoxy) is 1. The zero-order chi connectivity index (χ0) is 21.8. The third-order valence-electron chi connectivity index (χ3n) is 5.88. The Morgan fingerprint density at radius 1 is 0.750 bits per heavy atom. The SMILES string of the molecule is Oc1ccccc1C(c1nnnn1C(c1ccccc1)c1ccccc1)N1CCOCC1. The molecule has 1 aliphatic heterocycles. The maximum absolute atomic E-state index is 10.7. The molecule has 4 aromatic rings. The van der Waals surface area contributed by atoms with Crippen molar-refractivity contribution in [2.75, 3.05) is 26.3 Å². The Hall–Kier alpha value is -3.55. The van der Waals surface area contributed by atoms with Gasteiger partial charge in [-0.05, 0) is 27.6 Å². The number of phenolic OH excluding ortho intramolecular Hbond substituents is 1. The Bertz CT molecular complexity index is 1100. The van der Waals surface area contributed by atoms with Gasteiger partial charge in [-0.2, -0.15) is 0 Å². The Balaban J connectivity index is 1.67. The normalized spacial score (nSPS) is 15.7. The first-order chi connectivity index (χ1) is 15.8. The van der Waals surface area contributed by atoms with Gasteiger partial charge < -0.3 is 9.84 Å². The minimum absolute atomic E-state index is 0.197. The summed E-state index contributed by atoms with van der Waals surface area (Å²) in [6.45, 7) is 2.72. The monoisotopic (exact) mass is 427 g/mol. The number of hydrogen-bond acceptors (Lipinski definition) is 6. The molecule has 32 heavy (non-hydrogen) atoms. The van der Waals surface area contributed by atoms with Crippen molar-refractivity contribution in [1.82, 2.24) is 25.1 Å². The zero-order valence-electron chi connectivity index (χ0n) is 17.7. The molecule has 0 radical (unpaired) electrons. The minimum Gasteiger partial charge on any atom is -0.508 e. The van der Waals surface area contributed by atoms with Crippen molar-refractivity contribution in [2.24, 2.45) is 0 Å². The fourth-order valence-electron chi connectivity index (χ4n) is 4.36. The highest BCUT2D eigenvalue weighted by Gasteiger charge is 2.33. The van der Waals surface area contributed by atoms with E-state index in [1.807, 2.05) is 59.3 Å². The van der Waals surface area contributed by atoms with Crippen LogP contribution in [0.3, 0.4) is 0 Å². The lowest BCUT2D eigenvalue weighted by molar-refractivity contribution is 0.0211. The molecular formula is C25H25N5O2. The minimum atomic E-state index is -0.301. The van der Waals surface area contributed by atoms with Crippen LogP contribution >= 0.6 is 0 Å². The van der Waals surface area contributed by atoms with Crippen LogP contribution < -0.4 is 0 Å². The molecule has 0 saturated carbocycles. The van der Waals surface area contributed by atoms with Crippen LogP contribution in [0.4, 0.5) is 0 Å². The summed E-state index contributed by atoms with van der Waals surface area (Å²) in [6.07, 6.45) is 0. The van der Waals surface area contributed by atoms with Gasteiger partial charge in [0.2, 0.25) is 0 Å². The molecule has 3 aromatic carbocycles. The van der Waals surface area contributed by atoms with E-state index in [2.05, 4.69) is 44.7 Å². The fourth-order valence-corrected chi connectivity index (χ4v) is 4.36. The molecule has 0 aliphatic carbocycles. The maximum Gasteiger partial charge on any atom is 0.174 e. The summed E-state index contributed by atoms with van der Waals surface area (Å²) in [4.78, 5) is 2.27. The topological polar surface area (TPSA) is 76.3 Å². The smallest absolute Gasteiger partial charge is 0.174 e. The lowest BCUT2D eigenvalue weighted by Crippen LogP contribution is -2.41. The second kappa shape index (κ2) is 9.30. The molecule has 7 heteroatoms. The molecule has 2 heterocycles. The molecule has 0 amide bonds.